The number of rotatable bonds is 11. The lowest BCUT2D eigenvalue weighted by molar-refractivity contribution is -0.120. The van der Waals surface area contributed by atoms with E-state index in [1.54, 1.807) is 19.2 Å². The van der Waals surface area contributed by atoms with Gasteiger partial charge < -0.3 is 5.11 Å². The van der Waals surface area contributed by atoms with E-state index in [1.165, 1.54) is 23.7 Å². The number of sulfone groups is 1. The molecule has 2 aliphatic carbocycles. The first-order chi connectivity index (χ1) is 25.8. The van der Waals surface area contributed by atoms with Gasteiger partial charge in [-0.3, -0.25) is 14.2 Å². The number of fused-ring (bicyclic) bond motifs is 4. The molecular formula is C38H32ClF6N5O4S. The van der Waals surface area contributed by atoms with Crippen LogP contribution in [0.15, 0.2) is 42.5 Å². The lowest BCUT2D eigenvalue weighted by Crippen LogP contribution is -2.24. The molecule has 9 nitrogen and oxygen atoms in total. The molecule has 5 aromatic rings. The molecule has 0 saturated heterocycles. The number of Topliss-reactive ketones (excluding diaryl/α,β-unsaturated/α-hetero) is 1. The number of hydrogen-bond donors (Lipinski definition) is 1. The van der Waals surface area contributed by atoms with Crippen molar-refractivity contribution in [3.05, 3.63) is 98.7 Å². The molecule has 3 aromatic heterocycles. The van der Waals surface area contributed by atoms with Crippen LogP contribution in [0.25, 0.3) is 22.0 Å². The van der Waals surface area contributed by atoms with Crippen molar-refractivity contribution in [1.29, 1.82) is 0 Å². The number of nitrogens with zero attached hydrogens (tertiary/aromatic N) is 5. The Morgan fingerprint density at radius 2 is 1.76 bits per heavy atom. The summed E-state index contributed by atoms with van der Waals surface area (Å²) in [5.41, 5.74) is 0.0586. The zero-order valence-electron chi connectivity index (χ0n) is 29.4. The summed E-state index contributed by atoms with van der Waals surface area (Å²) in [7, 11) is -1.98. The summed E-state index contributed by atoms with van der Waals surface area (Å²) in [6.45, 7) is 0.637. The van der Waals surface area contributed by atoms with Crippen LogP contribution in [0, 0.1) is 29.4 Å². The minimum atomic E-state index is -3.56. The summed E-state index contributed by atoms with van der Waals surface area (Å²) in [4.78, 5) is 18.7. The van der Waals surface area contributed by atoms with E-state index < -0.39 is 93.6 Å². The van der Waals surface area contributed by atoms with Crippen molar-refractivity contribution >= 4 is 38.1 Å². The van der Waals surface area contributed by atoms with E-state index in [-0.39, 0.29) is 46.1 Å². The zero-order valence-corrected chi connectivity index (χ0v) is 31.0. The fourth-order valence-corrected chi connectivity index (χ4v) is 8.61. The smallest absolute Gasteiger partial charge is 0.293 e. The second-order valence-electron chi connectivity index (χ2n) is 14.1. The monoisotopic (exact) mass is 803 g/mol. The summed E-state index contributed by atoms with van der Waals surface area (Å²) in [5, 5.41) is 18.6. The Balaban J connectivity index is 1.38. The van der Waals surface area contributed by atoms with Crippen LogP contribution in [0.3, 0.4) is 0 Å². The zero-order chi connectivity index (χ0) is 39.7. The number of aliphatic hydroxyl groups excluding tert-OH is 1. The number of ketones is 1. The quantitative estimate of drug-likeness (QED) is 0.111. The second kappa shape index (κ2) is 14.1. The average Bonchev–Trinajstić information content (AvgIpc) is 3.62. The minimum absolute atomic E-state index is 0.0404. The Morgan fingerprint density at radius 3 is 2.42 bits per heavy atom. The topological polar surface area (TPSA) is 120 Å². The Morgan fingerprint density at radius 1 is 1.07 bits per heavy atom. The first-order valence-electron chi connectivity index (χ1n) is 17.1. The van der Waals surface area contributed by atoms with Crippen LogP contribution in [-0.4, -0.2) is 56.2 Å². The van der Waals surface area contributed by atoms with Crippen LogP contribution in [0.4, 0.5) is 26.3 Å². The predicted octanol–water partition coefficient (Wildman–Crippen LogP) is 7.17. The van der Waals surface area contributed by atoms with Gasteiger partial charge in [0.25, 0.3) is 12.3 Å². The van der Waals surface area contributed by atoms with Crippen molar-refractivity contribution in [3.63, 3.8) is 0 Å². The lowest BCUT2D eigenvalue weighted by atomic mass is 9.86. The Bertz CT molecular complexity index is 2540. The van der Waals surface area contributed by atoms with E-state index in [0.29, 0.717) is 32.8 Å². The number of benzene rings is 2. The van der Waals surface area contributed by atoms with Gasteiger partial charge in [-0.15, -0.1) is 0 Å². The molecule has 1 N–H and O–H groups in total. The summed E-state index contributed by atoms with van der Waals surface area (Å²) in [5.74, 6) is -4.03. The first-order valence-corrected chi connectivity index (χ1v) is 19.5. The number of pyridine rings is 1. The van der Waals surface area contributed by atoms with Gasteiger partial charge >= 0.3 is 0 Å². The molecule has 55 heavy (non-hydrogen) atoms. The van der Waals surface area contributed by atoms with Crippen LogP contribution >= 0.6 is 11.6 Å². The second-order valence-corrected chi connectivity index (χ2v) is 16.7. The standard InChI is InChI=1S/C38H32ClF6N5O4S/c1-18(51)4-5-23-6-7-25(26-8-9-29(39)32-30(17-55(3,53)54)47-49(2)35(26)32)33(46-23)20(10-19-11-21(40)14-22(41)12-19)13-24(52)16-50-36-31(34(48-50)37(42)43)27-15-28(27)38(36,44)45/h6-9,11-12,14,18,20,27-28,37,51H,10,13,15-17H2,1-3H3/t18-,20-,27+,28-/m1/s1. The molecule has 0 radical (unpaired) electrons. The van der Waals surface area contributed by atoms with Crippen molar-refractivity contribution in [2.24, 2.45) is 13.0 Å². The van der Waals surface area contributed by atoms with Crippen molar-refractivity contribution in [1.82, 2.24) is 24.5 Å². The summed E-state index contributed by atoms with van der Waals surface area (Å²) in [6, 6.07) is 9.12. The molecule has 0 aliphatic heterocycles. The summed E-state index contributed by atoms with van der Waals surface area (Å²) in [6.07, 6.45) is -3.80. The van der Waals surface area contributed by atoms with E-state index in [4.69, 9.17) is 16.6 Å². The summed E-state index contributed by atoms with van der Waals surface area (Å²) < 4.78 is 115. The van der Waals surface area contributed by atoms with Crippen molar-refractivity contribution in [3.8, 4) is 23.0 Å². The van der Waals surface area contributed by atoms with Gasteiger partial charge in [-0.1, -0.05) is 23.6 Å². The number of alkyl halides is 4. The molecule has 0 spiro atoms. The molecule has 288 valence electrons. The fraction of sp³-hybridized carbons (Fsp3) is 0.368. The maximum absolute atomic E-state index is 15.4. The number of aliphatic hydroxyl groups is 1. The number of halogens is 7. The molecule has 3 heterocycles. The number of aromatic nitrogens is 5. The summed E-state index contributed by atoms with van der Waals surface area (Å²) >= 11 is 6.61. The highest BCUT2D eigenvalue weighted by Crippen LogP contribution is 2.68. The molecule has 0 bridgehead atoms. The molecule has 0 unspecified atom stereocenters. The van der Waals surface area contributed by atoms with E-state index in [1.807, 2.05) is 0 Å². The van der Waals surface area contributed by atoms with Gasteiger partial charge in [0.15, 0.2) is 15.6 Å². The molecule has 1 fully saturated rings. The maximum Gasteiger partial charge on any atom is 0.293 e. The van der Waals surface area contributed by atoms with Crippen LogP contribution in [0.5, 0.6) is 0 Å². The van der Waals surface area contributed by atoms with Gasteiger partial charge in [-0.05, 0) is 67.5 Å². The largest absolute Gasteiger partial charge is 0.381 e. The molecule has 2 aromatic carbocycles. The van der Waals surface area contributed by atoms with Crippen molar-refractivity contribution in [2.75, 3.05) is 6.26 Å². The normalized spacial score (nSPS) is 18.2. The molecule has 0 amide bonds. The number of aryl methyl sites for hydroxylation is 1. The van der Waals surface area contributed by atoms with Gasteiger partial charge in [-0.25, -0.2) is 31.0 Å². The van der Waals surface area contributed by atoms with Gasteiger partial charge in [-0.2, -0.15) is 19.0 Å². The van der Waals surface area contributed by atoms with Gasteiger partial charge in [0.05, 0.1) is 27.7 Å². The first kappa shape index (κ1) is 38.6. The van der Waals surface area contributed by atoms with E-state index >= 15 is 8.78 Å². The Labute approximate surface area is 316 Å². The van der Waals surface area contributed by atoms with Crippen LogP contribution in [0.1, 0.15) is 77.6 Å². The van der Waals surface area contributed by atoms with E-state index in [0.717, 1.165) is 18.4 Å². The number of hydrogen-bond acceptors (Lipinski definition) is 7. The number of carbonyl (C=O) groups is 1. The van der Waals surface area contributed by atoms with Gasteiger partial charge in [0.1, 0.15) is 41.4 Å². The SMILES string of the molecule is C[C@@H](O)C#Cc1ccc(-c2ccc(Cl)c3c(CS(C)(=O)=O)nn(C)c23)c([C@@H](CC(=O)Cn2nc(C(F)F)c3c2C(F)(F)[C@@H]2C[C@H]32)Cc2cc(F)cc(F)c2)n1. The highest BCUT2D eigenvalue weighted by Gasteiger charge is 2.67. The van der Waals surface area contributed by atoms with E-state index in [9.17, 15) is 35.9 Å². The van der Waals surface area contributed by atoms with Gasteiger partial charge in [0.2, 0.25) is 0 Å². The number of carbonyl (C=O) groups excluding carboxylic acids is 1. The Kier molecular flexibility index (Phi) is 9.88. The van der Waals surface area contributed by atoms with Gasteiger partial charge in [0, 0.05) is 59.7 Å². The maximum atomic E-state index is 15.4. The van der Waals surface area contributed by atoms with Crippen LogP contribution in [-0.2, 0) is 46.3 Å². The molecule has 2 aliphatic rings. The molecule has 4 atom stereocenters. The Hall–Kier alpha value is -4.72. The average molecular weight is 804 g/mol. The fourth-order valence-electron chi connectivity index (χ4n) is 7.65. The third-order valence-electron chi connectivity index (χ3n) is 9.79. The third-order valence-corrected chi connectivity index (χ3v) is 10.9. The molecule has 7 rings (SSSR count). The van der Waals surface area contributed by atoms with Crippen LogP contribution in [0.2, 0.25) is 5.02 Å². The van der Waals surface area contributed by atoms with Crippen LogP contribution < -0.4 is 0 Å². The van der Waals surface area contributed by atoms with Crippen molar-refractivity contribution in [2.45, 2.75) is 68.8 Å². The molecule has 1 saturated carbocycles. The predicted molar refractivity (Wildman–Crippen MR) is 190 cm³/mol. The van der Waals surface area contributed by atoms with E-state index in [2.05, 4.69) is 22.0 Å². The highest BCUT2D eigenvalue weighted by atomic mass is 35.5. The van der Waals surface area contributed by atoms with Crippen molar-refractivity contribution < 1.29 is 44.7 Å². The third kappa shape index (κ3) is 7.49. The lowest BCUT2D eigenvalue weighted by Gasteiger charge is -2.21. The molecule has 17 heteroatoms. The highest BCUT2D eigenvalue weighted by molar-refractivity contribution is 7.89. The minimum Gasteiger partial charge on any atom is -0.381 e. The molecular weight excluding hydrogens is 772 g/mol.